The average Bonchev–Trinajstić information content (AvgIpc) is 1.82. The third-order valence-electron chi connectivity index (χ3n) is 1.51. The van der Waals surface area contributed by atoms with Gasteiger partial charge in [0.05, 0.1) is 11.4 Å². The number of nitrogen functional groups attached to an aromatic ring is 1. The van der Waals surface area contributed by atoms with Crippen molar-refractivity contribution in [3.8, 4) is 0 Å². The van der Waals surface area contributed by atoms with Crippen molar-refractivity contribution in [2.24, 2.45) is 0 Å². The molecule has 10 heavy (non-hydrogen) atoms. The highest BCUT2D eigenvalue weighted by Crippen LogP contribution is 2.13. The van der Waals surface area contributed by atoms with Crippen LogP contribution in [0.3, 0.4) is 0 Å². The maximum Gasteiger partial charge on any atom is 0.0607 e. The van der Waals surface area contributed by atoms with Crippen molar-refractivity contribution in [3.63, 3.8) is 0 Å². The molecule has 0 fully saturated rings. The summed E-state index contributed by atoms with van der Waals surface area (Å²) in [5, 5.41) is 0. The third-order valence-corrected chi connectivity index (χ3v) is 1.51. The summed E-state index contributed by atoms with van der Waals surface area (Å²) in [6, 6.07) is 1.88. The number of rotatable bonds is 0. The molecule has 0 unspecified atom stereocenters. The molecule has 0 aliphatic carbocycles. The number of aryl methyl sites for hydroxylation is 2. The van der Waals surface area contributed by atoms with Crippen molar-refractivity contribution < 1.29 is 0 Å². The van der Waals surface area contributed by atoms with Gasteiger partial charge in [-0.15, -0.1) is 0 Å². The third kappa shape index (κ3) is 1.10. The summed E-state index contributed by atoms with van der Waals surface area (Å²) < 4.78 is 0. The molecule has 1 rings (SSSR count). The second kappa shape index (κ2) is 2.29. The van der Waals surface area contributed by atoms with E-state index in [0.29, 0.717) is 0 Å². The summed E-state index contributed by atoms with van der Waals surface area (Å²) in [6.45, 7) is 7.56. The number of aromatic nitrogens is 1. The van der Waals surface area contributed by atoms with Crippen LogP contribution in [0.25, 0.3) is 0 Å². The topological polar surface area (TPSA) is 38.9 Å². The Labute approximate surface area is 61.1 Å². The molecule has 2 nitrogen and oxygen atoms in total. The van der Waals surface area contributed by atoms with E-state index in [4.69, 9.17) is 5.73 Å². The normalized spacial score (nSPS) is 9.90. The zero-order valence-electron chi connectivity index (χ0n) is 6.31. The Kier molecular flexibility index (Phi) is 1.62. The van der Waals surface area contributed by atoms with Crippen molar-refractivity contribution in [3.05, 3.63) is 29.9 Å². The highest BCUT2D eigenvalue weighted by Gasteiger charge is 1.98. The van der Waals surface area contributed by atoms with E-state index >= 15 is 0 Å². The van der Waals surface area contributed by atoms with E-state index in [-0.39, 0.29) is 0 Å². The van der Waals surface area contributed by atoms with Crippen molar-refractivity contribution in [2.45, 2.75) is 13.8 Å². The van der Waals surface area contributed by atoms with Gasteiger partial charge in [0.25, 0.3) is 0 Å². The van der Waals surface area contributed by atoms with Gasteiger partial charge < -0.3 is 5.73 Å². The highest BCUT2D eigenvalue weighted by molar-refractivity contribution is 5.50. The predicted octanol–water partition coefficient (Wildman–Crippen LogP) is 1.46. The minimum atomic E-state index is 0.771. The zero-order chi connectivity index (χ0) is 7.72. The Morgan fingerprint density at radius 1 is 1.50 bits per heavy atom. The first kappa shape index (κ1) is 7.06. The molecule has 0 aliphatic rings. The summed E-state index contributed by atoms with van der Waals surface area (Å²) in [5.74, 6) is 0. The minimum absolute atomic E-state index is 0.771. The van der Waals surface area contributed by atoms with Gasteiger partial charge in [-0.3, -0.25) is 4.98 Å². The van der Waals surface area contributed by atoms with Crippen LogP contribution in [-0.2, 0) is 0 Å². The predicted molar refractivity (Wildman–Crippen MR) is 42.6 cm³/mol. The van der Waals surface area contributed by atoms with Crippen LogP contribution in [0.2, 0.25) is 0 Å². The Morgan fingerprint density at radius 2 is 2.10 bits per heavy atom. The molecule has 0 bridgehead atoms. The first-order valence-electron chi connectivity index (χ1n) is 3.17. The van der Waals surface area contributed by atoms with Gasteiger partial charge in [0.1, 0.15) is 0 Å². The summed E-state index contributed by atoms with van der Waals surface area (Å²) in [7, 11) is 0. The lowest BCUT2D eigenvalue weighted by Gasteiger charge is -2.03. The molecule has 0 aliphatic heterocycles. The minimum Gasteiger partial charge on any atom is -0.397 e. The maximum atomic E-state index is 5.66. The van der Waals surface area contributed by atoms with E-state index in [0.717, 1.165) is 22.6 Å². The van der Waals surface area contributed by atoms with Crippen molar-refractivity contribution in [1.29, 1.82) is 0 Å². The van der Waals surface area contributed by atoms with E-state index in [1.807, 2.05) is 19.9 Å². The van der Waals surface area contributed by atoms with Gasteiger partial charge in [0.2, 0.25) is 0 Å². The Balaban J connectivity index is 3.31. The zero-order valence-corrected chi connectivity index (χ0v) is 6.31. The van der Waals surface area contributed by atoms with E-state index < -0.39 is 0 Å². The van der Waals surface area contributed by atoms with Crippen molar-refractivity contribution in [2.75, 3.05) is 5.73 Å². The molecule has 0 atom stereocenters. The first-order chi connectivity index (χ1) is 4.61. The fourth-order valence-electron chi connectivity index (χ4n) is 0.921. The second-order valence-electron chi connectivity index (χ2n) is 2.43. The van der Waals surface area contributed by atoms with Gasteiger partial charge in [0.15, 0.2) is 0 Å². The second-order valence-corrected chi connectivity index (χ2v) is 2.43. The quantitative estimate of drug-likeness (QED) is 0.585. The molecule has 53 valence electrons. The largest absolute Gasteiger partial charge is 0.397 e. The van der Waals surface area contributed by atoms with Gasteiger partial charge in [-0.2, -0.15) is 0 Å². The molecule has 2 N–H and O–H groups in total. The molecule has 0 saturated heterocycles. The Morgan fingerprint density at radius 3 is 2.60 bits per heavy atom. The molecule has 1 radical (unpaired) electrons. The van der Waals surface area contributed by atoms with E-state index in [1.54, 1.807) is 0 Å². The van der Waals surface area contributed by atoms with Gasteiger partial charge in [-0.05, 0) is 32.4 Å². The van der Waals surface area contributed by atoms with Crippen molar-refractivity contribution >= 4 is 5.69 Å². The fraction of sp³-hybridized carbons (Fsp3) is 0.250. The number of hydrogen-bond donors (Lipinski definition) is 1. The molecular formula is C8H11N2. The molecule has 1 aromatic rings. The fourth-order valence-corrected chi connectivity index (χ4v) is 0.921. The van der Waals surface area contributed by atoms with Crippen LogP contribution in [0.4, 0.5) is 5.69 Å². The van der Waals surface area contributed by atoms with Gasteiger partial charge in [-0.25, -0.2) is 0 Å². The van der Waals surface area contributed by atoms with Crippen LogP contribution in [0.5, 0.6) is 0 Å². The highest BCUT2D eigenvalue weighted by atomic mass is 14.7. The summed E-state index contributed by atoms with van der Waals surface area (Å²) in [4.78, 5) is 4.10. The lowest BCUT2D eigenvalue weighted by molar-refractivity contribution is 1.15. The van der Waals surface area contributed by atoms with Crippen LogP contribution < -0.4 is 5.73 Å². The van der Waals surface area contributed by atoms with Crippen LogP contribution in [0, 0.1) is 20.8 Å². The average molecular weight is 135 g/mol. The summed E-state index contributed by atoms with van der Waals surface area (Å²) in [5.41, 5.74) is 9.13. The Hall–Kier alpha value is -1.05. The van der Waals surface area contributed by atoms with Crippen LogP contribution >= 0.6 is 0 Å². The standard InChI is InChI=1S/C8H11N2/c1-5-4-6(2)10-7(3)8(5)9/h4H,2,9H2,1,3H3. The number of nitrogens with two attached hydrogens (primary N) is 1. The SMILES string of the molecule is [CH2]c1cc(C)c(N)c(C)n1. The van der Waals surface area contributed by atoms with Gasteiger partial charge in [-0.1, -0.05) is 0 Å². The molecule has 1 heterocycles. The maximum absolute atomic E-state index is 5.66. The van der Waals surface area contributed by atoms with E-state index in [1.165, 1.54) is 0 Å². The monoisotopic (exact) mass is 135 g/mol. The van der Waals surface area contributed by atoms with E-state index in [2.05, 4.69) is 11.9 Å². The number of nitrogens with zero attached hydrogens (tertiary/aromatic N) is 1. The molecule has 0 spiro atoms. The number of hydrogen-bond acceptors (Lipinski definition) is 2. The lowest BCUT2D eigenvalue weighted by atomic mass is 10.2. The molecule has 0 aromatic carbocycles. The van der Waals surface area contributed by atoms with Gasteiger partial charge >= 0.3 is 0 Å². The lowest BCUT2D eigenvalue weighted by Crippen LogP contribution is -1.97. The van der Waals surface area contributed by atoms with Gasteiger partial charge in [0, 0.05) is 5.69 Å². The molecule has 1 aromatic heterocycles. The first-order valence-corrected chi connectivity index (χ1v) is 3.17. The number of anilines is 1. The molecule has 2 heteroatoms. The van der Waals surface area contributed by atoms with Crippen LogP contribution in [-0.4, -0.2) is 4.98 Å². The molecule has 0 amide bonds. The number of pyridine rings is 1. The summed E-state index contributed by atoms with van der Waals surface area (Å²) in [6.07, 6.45) is 0. The Bertz CT molecular complexity index is 230. The molecule has 0 saturated carbocycles. The molecular weight excluding hydrogens is 124 g/mol. The van der Waals surface area contributed by atoms with Crippen molar-refractivity contribution in [1.82, 2.24) is 4.98 Å². The van der Waals surface area contributed by atoms with Crippen LogP contribution in [0.15, 0.2) is 6.07 Å². The van der Waals surface area contributed by atoms with E-state index in [9.17, 15) is 0 Å². The van der Waals surface area contributed by atoms with Crippen LogP contribution in [0.1, 0.15) is 17.0 Å². The smallest absolute Gasteiger partial charge is 0.0607 e. The summed E-state index contributed by atoms with van der Waals surface area (Å²) >= 11 is 0.